The number of allylic oxidation sites excluding steroid dienone is 1. The average Bonchev–Trinajstić information content (AvgIpc) is 3.00. The Hall–Kier alpha value is -3.88. The summed E-state index contributed by atoms with van der Waals surface area (Å²) in [5.74, 6) is -1.21. The van der Waals surface area contributed by atoms with Crippen LogP contribution in [0.5, 0.6) is 5.75 Å². The van der Waals surface area contributed by atoms with Crippen LogP contribution in [-0.2, 0) is 25.6 Å². The first-order chi connectivity index (χ1) is 21.9. The second-order valence-corrected chi connectivity index (χ2v) is 11.6. The van der Waals surface area contributed by atoms with Gasteiger partial charge in [-0.3, -0.25) is 9.59 Å². The van der Waals surface area contributed by atoms with Crippen molar-refractivity contribution in [1.82, 2.24) is 5.32 Å². The number of ether oxygens (including phenoxy) is 1. The zero-order chi connectivity index (χ0) is 34.4. The minimum atomic E-state index is -2.89. The summed E-state index contributed by atoms with van der Waals surface area (Å²) in [6, 6.07) is 5.06. The smallest absolute Gasteiger partial charge is 0.337 e. The van der Waals surface area contributed by atoms with Crippen LogP contribution < -0.4 is 15.8 Å². The molecule has 11 heteroatoms. The number of carbonyl (C=O) groups excluding carboxylic acids is 2. The molecule has 0 radical (unpaired) electrons. The highest BCUT2D eigenvalue weighted by molar-refractivity contribution is 5.95. The fourth-order valence-electron chi connectivity index (χ4n) is 5.01. The fraction of sp³-hybridized carbons (Fsp3) is 0.600. The monoisotopic (exact) mass is 644 g/mol. The largest absolute Gasteiger partial charge is 0.481 e. The number of rotatable bonds is 25. The van der Waals surface area contributed by atoms with Crippen LogP contribution in [0.2, 0.25) is 0 Å². The maximum Gasteiger partial charge on any atom is 0.337 e. The van der Waals surface area contributed by atoms with E-state index in [1.807, 2.05) is 0 Å². The van der Waals surface area contributed by atoms with E-state index >= 15 is 0 Å². The van der Waals surface area contributed by atoms with E-state index in [1.165, 1.54) is 25.3 Å². The number of carboxylic acid groups (broad SMARTS) is 2. The summed E-state index contributed by atoms with van der Waals surface area (Å²) in [5.41, 5.74) is 2.87. The molecule has 1 unspecified atom stereocenters. The topological polar surface area (TPSA) is 196 Å². The van der Waals surface area contributed by atoms with Gasteiger partial charge in [-0.25, -0.2) is 9.59 Å². The second-order valence-electron chi connectivity index (χ2n) is 11.6. The zero-order valence-electron chi connectivity index (χ0n) is 27.2. The van der Waals surface area contributed by atoms with E-state index in [0.717, 1.165) is 44.9 Å². The van der Waals surface area contributed by atoms with Gasteiger partial charge in [0.1, 0.15) is 18.4 Å². The number of nitrogens with one attached hydrogen (secondary N) is 1. The molecule has 256 valence electrons. The molecular weight excluding hydrogens is 592 g/mol. The van der Waals surface area contributed by atoms with Crippen molar-refractivity contribution in [3.63, 3.8) is 0 Å². The van der Waals surface area contributed by atoms with Gasteiger partial charge in [0, 0.05) is 6.42 Å². The Morgan fingerprint density at radius 3 is 2.13 bits per heavy atom. The Morgan fingerprint density at radius 1 is 0.978 bits per heavy atom. The van der Waals surface area contributed by atoms with Gasteiger partial charge in [0.2, 0.25) is 11.8 Å². The summed E-state index contributed by atoms with van der Waals surface area (Å²) in [4.78, 5) is 49.1. The molecule has 0 saturated carbocycles. The third-order valence-corrected chi connectivity index (χ3v) is 7.70. The highest BCUT2D eigenvalue weighted by Gasteiger charge is 2.48. The van der Waals surface area contributed by atoms with Gasteiger partial charge < -0.3 is 36.2 Å². The summed E-state index contributed by atoms with van der Waals surface area (Å²) in [6.07, 6.45) is 12.4. The highest BCUT2D eigenvalue weighted by atomic mass is 16.5. The van der Waals surface area contributed by atoms with Crippen molar-refractivity contribution in [3.8, 4) is 17.6 Å². The third-order valence-electron chi connectivity index (χ3n) is 7.70. The predicted octanol–water partition coefficient (Wildman–Crippen LogP) is 4.13. The van der Waals surface area contributed by atoms with Crippen molar-refractivity contribution in [2.75, 3.05) is 6.61 Å². The standard InChI is InChI=1S/C35H52N2O9/c1-3-5-7-10-13-16-27(38)17-14-11-8-9-12-15-18-29(35(45,34(43)44)25-31(36)39)32(40)37-30(33(41)42)24-26-19-21-28(22-20-26)46-23-6-4-2/h15,18-22,27,29-30,38,45H,3,5,7-14,16-17,23-25H2,1-2H3,(H2,36,39)(H,37,40)(H,41,42)(H,43,44)/b18-15+/t27?,29-,30+,35+/m1/s1. The van der Waals surface area contributed by atoms with Crippen LogP contribution in [-0.4, -0.2) is 68.5 Å². The summed E-state index contributed by atoms with van der Waals surface area (Å²) in [6.45, 7) is 4.05. The molecule has 0 aromatic heterocycles. The molecule has 2 amide bonds. The van der Waals surface area contributed by atoms with Gasteiger partial charge in [0.25, 0.3) is 0 Å². The minimum absolute atomic E-state index is 0.137. The van der Waals surface area contributed by atoms with E-state index in [-0.39, 0.29) is 19.1 Å². The third kappa shape index (κ3) is 15.9. The number of primary amides is 1. The van der Waals surface area contributed by atoms with Gasteiger partial charge in [-0.15, -0.1) is 5.92 Å². The number of hydrogen-bond donors (Lipinski definition) is 6. The number of amides is 2. The highest BCUT2D eigenvalue weighted by Crippen LogP contribution is 2.25. The quantitative estimate of drug-likeness (QED) is 0.0515. The fourth-order valence-corrected chi connectivity index (χ4v) is 5.01. The van der Waals surface area contributed by atoms with Crippen molar-refractivity contribution in [2.45, 2.75) is 121 Å². The zero-order valence-corrected chi connectivity index (χ0v) is 27.2. The van der Waals surface area contributed by atoms with Crippen molar-refractivity contribution >= 4 is 23.8 Å². The summed E-state index contributed by atoms with van der Waals surface area (Å²) in [7, 11) is 0. The van der Waals surface area contributed by atoms with Crippen LogP contribution >= 0.6 is 0 Å². The number of aliphatic hydroxyl groups is 2. The van der Waals surface area contributed by atoms with E-state index < -0.39 is 47.7 Å². The molecule has 0 aliphatic heterocycles. The summed E-state index contributed by atoms with van der Waals surface area (Å²) in [5, 5.41) is 43.1. The lowest BCUT2D eigenvalue weighted by atomic mass is 9.82. The van der Waals surface area contributed by atoms with Gasteiger partial charge in [-0.1, -0.05) is 88.5 Å². The van der Waals surface area contributed by atoms with Crippen LogP contribution in [0.4, 0.5) is 0 Å². The predicted molar refractivity (Wildman–Crippen MR) is 175 cm³/mol. The molecule has 0 saturated heterocycles. The molecule has 0 heterocycles. The Morgan fingerprint density at radius 2 is 1.59 bits per heavy atom. The van der Waals surface area contributed by atoms with Crippen LogP contribution in [0.25, 0.3) is 0 Å². The molecule has 0 spiro atoms. The molecule has 0 bridgehead atoms. The number of aliphatic hydroxyl groups excluding tert-OH is 1. The Labute approximate surface area is 272 Å². The van der Waals surface area contributed by atoms with Crippen molar-refractivity contribution in [2.24, 2.45) is 11.7 Å². The first-order valence-electron chi connectivity index (χ1n) is 16.2. The first kappa shape index (κ1) is 40.1. The van der Waals surface area contributed by atoms with Crippen LogP contribution in [0.3, 0.4) is 0 Å². The van der Waals surface area contributed by atoms with Crippen molar-refractivity contribution < 1.29 is 44.3 Å². The van der Waals surface area contributed by atoms with E-state index in [4.69, 9.17) is 10.5 Å². The first-order valence-corrected chi connectivity index (χ1v) is 16.2. The summed E-state index contributed by atoms with van der Waals surface area (Å²) < 4.78 is 5.45. The molecule has 0 aliphatic carbocycles. The number of aliphatic carboxylic acids is 2. The SMILES string of the molecule is CC#CCOc1ccc(C[C@H](NC(=O)[C@@H](/C=C/CCCCCCC(O)CCCCCCC)[C@@](O)(CC(N)=O)C(=O)O)C(=O)O)cc1. The average molecular weight is 645 g/mol. The van der Waals surface area contributed by atoms with Crippen molar-refractivity contribution in [3.05, 3.63) is 42.0 Å². The molecule has 11 nitrogen and oxygen atoms in total. The lowest BCUT2D eigenvalue weighted by Crippen LogP contribution is -2.56. The number of carbonyl (C=O) groups is 4. The number of carboxylic acids is 2. The van der Waals surface area contributed by atoms with E-state index in [0.29, 0.717) is 24.2 Å². The molecule has 1 aromatic rings. The lowest BCUT2D eigenvalue weighted by molar-refractivity contribution is -0.169. The number of hydrogen-bond acceptors (Lipinski definition) is 7. The van der Waals surface area contributed by atoms with Crippen molar-refractivity contribution in [1.29, 1.82) is 0 Å². The van der Waals surface area contributed by atoms with Gasteiger partial charge >= 0.3 is 11.9 Å². The minimum Gasteiger partial charge on any atom is -0.481 e. The van der Waals surface area contributed by atoms with Gasteiger partial charge in [-0.05, 0) is 50.3 Å². The number of nitrogens with two attached hydrogens (primary N) is 1. The van der Waals surface area contributed by atoms with Crippen LogP contribution in [0.1, 0.15) is 103 Å². The molecular formula is C35H52N2O9. The van der Waals surface area contributed by atoms with Crippen LogP contribution in [0, 0.1) is 17.8 Å². The molecule has 4 atom stereocenters. The molecule has 0 fully saturated rings. The lowest BCUT2D eigenvalue weighted by Gasteiger charge is -2.29. The van der Waals surface area contributed by atoms with E-state index in [2.05, 4.69) is 24.1 Å². The summed E-state index contributed by atoms with van der Waals surface area (Å²) >= 11 is 0. The molecule has 7 N–H and O–H groups in total. The Balaban J connectivity index is 2.82. The van der Waals surface area contributed by atoms with E-state index in [9.17, 15) is 39.6 Å². The van der Waals surface area contributed by atoms with Gasteiger partial charge in [0.05, 0.1) is 18.4 Å². The normalized spacial score (nSPS) is 14.3. The Kier molecular flexibility index (Phi) is 19.7. The maximum absolute atomic E-state index is 13.3. The number of benzene rings is 1. The molecule has 1 rings (SSSR count). The van der Waals surface area contributed by atoms with Gasteiger partial charge in [-0.2, -0.15) is 0 Å². The molecule has 46 heavy (non-hydrogen) atoms. The van der Waals surface area contributed by atoms with E-state index in [1.54, 1.807) is 37.3 Å². The number of unbranched alkanes of at least 4 members (excludes halogenated alkanes) is 8. The Bertz CT molecular complexity index is 1170. The maximum atomic E-state index is 13.3. The van der Waals surface area contributed by atoms with Gasteiger partial charge in [0.15, 0.2) is 5.60 Å². The van der Waals surface area contributed by atoms with Crippen LogP contribution in [0.15, 0.2) is 36.4 Å². The molecule has 1 aromatic carbocycles. The second kappa shape index (κ2) is 22.6. The molecule has 0 aliphatic rings.